The molecule has 1 amide bonds. The zero-order chi connectivity index (χ0) is 13.0. The summed E-state index contributed by atoms with van der Waals surface area (Å²) in [6, 6.07) is 5.28. The van der Waals surface area contributed by atoms with Gasteiger partial charge in [-0.25, -0.2) is 4.98 Å². The van der Waals surface area contributed by atoms with E-state index in [1.807, 2.05) is 0 Å². The first-order chi connectivity index (χ1) is 8.72. The lowest BCUT2D eigenvalue weighted by atomic mass is 10.2. The number of hydrogen-bond donors (Lipinski definition) is 2. The highest BCUT2D eigenvalue weighted by atomic mass is 35.5. The monoisotopic (exact) mass is 285 g/mol. The van der Waals surface area contributed by atoms with Gasteiger partial charge in [0.05, 0.1) is 0 Å². The van der Waals surface area contributed by atoms with E-state index < -0.39 is 0 Å². The molecule has 0 unspecified atom stereocenters. The number of hydrogen-bond acceptors (Lipinski definition) is 5. The van der Waals surface area contributed by atoms with Crippen LogP contribution in [0.5, 0.6) is 0 Å². The molecule has 0 saturated heterocycles. The fourth-order valence-corrected chi connectivity index (χ4v) is 1.59. The molecular weight excluding hydrogens is 270 g/mol. The van der Waals surface area contributed by atoms with E-state index in [1.54, 1.807) is 25.3 Å². The van der Waals surface area contributed by atoms with Gasteiger partial charge < -0.3 is 20.2 Å². The zero-order valence-corrected chi connectivity index (χ0v) is 11.3. The van der Waals surface area contributed by atoms with Gasteiger partial charge in [0.15, 0.2) is 5.58 Å². The lowest BCUT2D eigenvalue weighted by molar-refractivity contribution is -0.116. The maximum absolute atomic E-state index is 11.4. The van der Waals surface area contributed by atoms with Crippen LogP contribution in [0.1, 0.15) is 12.3 Å². The Balaban J connectivity index is 0.00000180. The fraction of sp³-hybridized carbons (Fsp3) is 0.333. The van der Waals surface area contributed by atoms with Crippen LogP contribution >= 0.6 is 12.4 Å². The summed E-state index contributed by atoms with van der Waals surface area (Å²) in [5.74, 6) is 0.399. The van der Waals surface area contributed by atoms with Crippen LogP contribution in [0.4, 0.5) is 5.69 Å². The number of nitrogens with zero attached hydrogens (tertiary/aromatic N) is 1. The molecule has 0 aliphatic rings. The number of aromatic nitrogens is 1. The lowest BCUT2D eigenvalue weighted by Gasteiger charge is -2.02. The van der Waals surface area contributed by atoms with Crippen molar-refractivity contribution in [1.82, 2.24) is 4.98 Å². The Hall–Kier alpha value is -1.63. The highest BCUT2D eigenvalue weighted by molar-refractivity contribution is 5.92. The summed E-state index contributed by atoms with van der Waals surface area (Å²) in [5.41, 5.74) is 7.34. The van der Waals surface area contributed by atoms with Gasteiger partial charge in [-0.15, -0.1) is 12.4 Å². The van der Waals surface area contributed by atoms with Gasteiger partial charge in [-0.2, -0.15) is 0 Å². The van der Waals surface area contributed by atoms with Gasteiger partial charge in [0.1, 0.15) is 12.1 Å². The van der Waals surface area contributed by atoms with Crippen LogP contribution in [-0.2, 0) is 16.1 Å². The third-order valence-electron chi connectivity index (χ3n) is 2.35. The molecular formula is C12H16ClN3O3. The fourth-order valence-electron chi connectivity index (χ4n) is 1.59. The second-order valence-electron chi connectivity index (χ2n) is 3.81. The van der Waals surface area contributed by atoms with Crippen molar-refractivity contribution < 1.29 is 13.9 Å². The average molecular weight is 286 g/mol. The molecule has 0 radical (unpaired) electrons. The number of methoxy groups -OCH3 is 1. The van der Waals surface area contributed by atoms with Crippen LogP contribution in [0, 0.1) is 0 Å². The molecule has 0 spiro atoms. The highest BCUT2D eigenvalue weighted by Crippen LogP contribution is 2.20. The zero-order valence-electron chi connectivity index (χ0n) is 10.5. The largest absolute Gasteiger partial charge is 0.438 e. The molecule has 2 rings (SSSR count). The predicted molar refractivity (Wildman–Crippen MR) is 74.3 cm³/mol. The number of halogens is 1. The topological polar surface area (TPSA) is 90.4 Å². The molecule has 0 aliphatic heterocycles. The number of ether oxygens (including phenoxy) is 1. The van der Waals surface area contributed by atoms with Gasteiger partial charge in [0.2, 0.25) is 11.8 Å². The number of carbonyl (C=O) groups is 1. The molecule has 0 saturated carbocycles. The Kier molecular flexibility index (Phi) is 5.75. The molecule has 6 nitrogen and oxygen atoms in total. The molecule has 0 fully saturated rings. The molecule has 2 aromatic rings. The van der Waals surface area contributed by atoms with E-state index in [4.69, 9.17) is 14.9 Å². The van der Waals surface area contributed by atoms with E-state index in [-0.39, 0.29) is 18.3 Å². The number of nitrogens with one attached hydrogen (secondary N) is 1. The first-order valence-corrected chi connectivity index (χ1v) is 5.61. The number of benzene rings is 1. The quantitative estimate of drug-likeness (QED) is 0.872. The van der Waals surface area contributed by atoms with Crippen LogP contribution in [0.15, 0.2) is 22.6 Å². The van der Waals surface area contributed by atoms with Crippen LogP contribution in [-0.4, -0.2) is 24.5 Å². The number of oxazole rings is 1. The van der Waals surface area contributed by atoms with Crippen LogP contribution in [0.2, 0.25) is 0 Å². The molecule has 0 atom stereocenters. The van der Waals surface area contributed by atoms with Gasteiger partial charge >= 0.3 is 0 Å². The van der Waals surface area contributed by atoms with Crippen molar-refractivity contribution >= 4 is 35.1 Å². The lowest BCUT2D eigenvalue weighted by Crippen LogP contribution is -2.16. The summed E-state index contributed by atoms with van der Waals surface area (Å²) >= 11 is 0. The summed E-state index contributed by atoms with van der Waals surface area (Å²) in [6.07, 6.45) is 0.297. The maximum atomic E-state index is 11.4. The minimum absolute atomic E-state index is 0. The minimum atomic E-state index is -0.113. The number of anilines is 1. The Morgan fingerprint density at radius 1 is 1.53 bits per heavy atom. The van der Waals surface area contributed by atoms with Gasteiger partial charge in [-0.3, -0.25) is 4.79 Å². The second-order valence-corrected chi connectivity index (χ2v) is 3.81. The number of rotatable bonds is 5. The summed E-state index contributed by atoms with van der Waals surface area (Å²) < 4.78 is 10.4. The smallest absolute Gasteiger partial charge is 0.225 e. The standard InChI is InChI=1S/C12H15N3O3.ClH/c1-17-7-12-15-9-6-8(2-3-10(9)18-12)14-11(16)4-5-13;/h2-3,6H,4-5,7,13H2,1H3,(H,14,16);1H. The summed E-state index contributed by atoms with van der Waals surface area (Å²) in [5, 5.41) is 2.74. The van der Waals surface area contributed by atoms with E-state index in [9.17, 15) is 4.79 Å². The first-order valence-electron chi connectivity index (χ1n) is 5.61. The van der Waals surface area contributed by atoms with Crippen molar-refractivity contribution in [2.24, 2.45) is 5.73 Å². The van der Waals surface area contributed by atoms with Crippen LogP contribution < -0.4 is 11.1 Å². The van der Waals surface area contributed by atoms with E-state index in [0.29, 0.717) is 42.3 Å². The van der Waals surface area contributed by atoms with E-state index >= 15 is 0 Å². The molecule has 3 N–H and O–H groups in total. The first kappa shape index (κ1) is 15.4. The number of amides is 1. The Morgan fingerprint density at radius 2 is 2.32 bits per heavy atom. The normalized spacial score (nSPS) is 10.2. The molecule has 1 aromatic heterocycles. The van der Waals surface area contributed by atoms with Gasteiger partial charge in [-0.1, -0.05) is 0 Å². The van der Waals surface area contributed by atoms with Crippen molar-refractivity contribution in [1.29, 1.82) is 0 Å². The third kappa shape index (κ3) is 3.92. The molecule has 0 bridgehead atoms. The van der Waals surface area contributed by atoms with Gasteiger partial charge in [-0.05, 0) is 18.2 Å². The minimum Gasteiger partial charge on any atom is -0.438 e. The summed E-state index contributed by atoms with van der Waals surface area (Å²) in [7, 11) is 1.58. The summed E-state index contributed by atoms with van der Waals surface area (Å²) in [4.78, 5) is 15.7. The third-order valence-corrected chi connectivity index (χ3v) is 2.35. The van der Waals surface area contributed by atoms with Crippen molar-refractivity contribution in [3.05, 3.63) is 24.1 Å². The molecule has 1 aromatic carbocycles. The van der Waals surface area contributed by atoms with E-state index in [2.05, 4.69) is 10.3 Å². The molecule has 0 aliphatic carbocycles. The van der Waals surface area contributed by atoms with Crippen molar-refractivity contribution in [3.63, 3.8) is 0 Å². The number of nitrogens with two attached hydrogens (primary N) is 1. The van der Waals surface area contributed by atoms with Crippen molar-refractivity contribution in [2.75, 3.05) is 19.0 Å². The number of fused-ring (bicyclic) bond motifs is 1. The summed E-state index contributed by atoms with van der Waals surface area (Å²) in [6.45, 7) is 0.652. The van der Waals surface area contributed by atoms with E-state index in [0.717, 1.165) is 0 Å². The predicted octanol–water partition coefficient (Wildman–Crippen LogP) is 1.68. The second kappa shape index (κ2) is 7.08. The van der Waals surface area contributed by atoms with Gasteiger partial charge in [0, 0.05) is 25.8 Å². The SMILES string of the molecule is COCc1nc2cc(NC(=O)CCN)ccc2o1.Cl. The number of carbonyl (C=O) groups excluding carboxylic acids is 1. The highest BCUT2D eigenvalue weighted by Gasteiger charge is 2.07. The average Bonchev–Trinajstić information content (AvgIpc) is 2.71. The molecule has 1 heterocycles. The Bertz CT molecular complexity index is 556. The molecule has 7 heteroatoms. The maximum Gasteiger partial charge on any atom is 0.225 e. The van der Waals surface area contributed by atoms with Crippen LogP contribution in [0.3, 0.4) is 0 Å². The van der Waals surface area contributed by atoms with E-state index in [1.165, 1.54) is 0 Å². The molecule has 19 heavy (non-hydrogen) atoms. The Morgan fingerprint density at radius 3 is 3.00 bits per heavy atom. The molecule has 104 valence electrons. The van der Waals surface area contributed by atoms with Crippen molar-refractivity contribution in [2.45, 2.75) is 13.0 Å². The van der Waals surface area contributed by atoms with Crippen LogP contribution in [0.25, 0.3) is 11.1 Å². The van der Waals surface area contributed by atoms with Crippen molar-refractivity contribution in [3.8, 4) is 0 Å². The van der Waals surface area contributed by atoms with Gasteiger partial charge in [0.25, 0.3) is 0 Å². The Labute approximate surface area is 116 Å².